The summed E-state index contributed by atoms with van der Waals surface area (Å²) < 4.78 is 47.8. The zero-order valence-corrected chi connectivity index (χ0v) is 17.3. The Morgan fingerprint density at radius 2 is 1.86 bits per heavy atom. The summed E-state index contributed by atoms with van der Waals surface area (Å²) in [4.78, 5) is 12.4. The van der Waals surface area contributed by atoms with E-state index < -0.39 is 21.7 Å². The van der Waals surface area contributed by atoms with E-state index in [9.17, 15) is 17.6 Å². The topological polar surface area (TPSA) is 84.5 Å². The number of para-hydroxylation sites is 1. The standard InChI is InChI=1S/C21H25FN2O4S/c1-14-7-3-5-9-17(14)24-29(26,27)20-13-15(11-12-19(20)28-2)21(25)23-18-10-6-4-8-16(18)22/h4,6,8,10-14,17,24H,3,5,7,9H2,1-2H3,(H,23,25). The Labute approximate surface area is 170 Å². The van der Waals surface area contributed by atoms with Crippen molar-refractivity contribution in [1.82, 2.24) is 4.72 Å². The van der Waals surface area contributed by atoms with Crippen LogP contribution in [0.25, 0.3) is 0 Å². The van der Waals surface area contributed by atoms with E-state index in [1.165, 1.54) is 43.5 Å². The van der Waals surface area contributed by atoms with Crippen LogP contribution in [0.1, 0.15) is 43.0 Å². The van der Waals surface area contributed by atoms with Crippen LogP contribution in [0.3, 0.4) is 0 Å². The first kappa shape index (κ1) is 21.3. The van der Waals surface area contributed by atoms with Crippen LogP contribution >= 0.6 is 0 Å². The first-order valence-electron chi connectivity index (χ1n) is 9.58. The first-order valence-corrected chi connectivity index (χ1v) is 11.1. The number of methoxy groups -OCH3 is 1. The summed E-state index contributed by atoms with van der Waals surface area (Å²) in [6, 6.07) is 9.74. The number of hydrogen-bond acceptors (Lipinski definition) is 4. The van der Waals surface area contributed by atoms with E-state index in [4.69, 9.17) is 4.74 Å². The smallest absolute Gasteiger partial charge is 0.255 e. The Bertz CT molecular complexity index is 994. The molecule has 2 N–H and O–H groups in total. The average molecular weight is 421 g/mol. The summed E-state index contributed by atoms with van der Waals surface area (Å²) in [5, 5.41) is 2.46. The number of amides is 1. The van der Waals surface area contributed by atoms with Crippen molar-refractivity contribution < 1.29 is 22.3 Å². The lowest BCUT2D eigenvalue weighted by Gasteiger charge is -2.29. The van der Waals surface area contributed by atoms with Gasteiger partial charge in [0.05, 0.1) is 12.8 Å². The highest BCUT2D eigenvalue weighted by atomic mass is 32.2. The minimum atomic E-state index is -3.90. The Balaban J connectivity index is 1.88. The number of carbonyl (C=O) groups is 1. The molecule has 156 valence electrons. The maximum Gasteiger partial charge on any atom is 0.255 e. The zero-order chi connectivity index (χ0) is 21.0. The van der Waals surface area contributed by atoms with Crippen LogP contribution in [0, 0.1) is 11.7 Å². The molecule has 0 aliphatic heterocycles. The molecule has 1 aliphatic rings. The molecular weight excluding hydrogens is 395 g/mol. The van der Waals surface area contributed by atoms with Crippen LogP contribution in [0.2, 0.25) is 0 Å². The second kappa shape index (κ2) is 8.92. The van der Waals surface area contributed by atoms with Gasteiger partial charge in [0.1, 0.15) is 16.5 Å². The highest BCUT2D eigenvalue weighted by Crippen LogP contribution is 2.29. The van der Waals surface area contributed by atoms with Crippen molar-refractivity contribution in [3.8, 4) is 5.75 Å². The molecule has 29 heavy (non-hydrogen) atoms. The van der Waals surface area contributed by atoms with E-state index in [2.05, 4.69) is 10.0 Å². The van der Waals surface area contributed by atoms with Crippen LogP contribution < -0.4 is 14.8 Å². The van der Waals surface area contributed by atoms with Crippen LogP contribution in [0.15, 0.2) is 47.4 Å². The molecule has 8 heteroatoms. The van der Waals surface area contributed by atoms with E-state index in [0.717, 1.165) is 25.7 Å². The summed E-state index contributed by atoms with van der Waals surface area (Å²) in [6.07, 6.45) is 3.81. The fourth-order valence-electron chi connectivity index (χ4n) is 3.54. The molecule has 6 nitrogen and oxygen atoms in total. The van der Waals surface area contributed by atoms with Gasteiger partial charge in [-0.1, -0.05) is 31.9 Å². The number of ether oxygens (including phenoxy) is 1. The molecule has 2 atom stereocenters. The molecule has 0 heterocycles. The Hall–Kier alpha value is -2.45. The fourth-order valence-corrected chi connectivity index (χ4v) is 5.11. The van der Waals surface area contributed by atoms with Gasteiger partial charge in [0.15, 0.2) is 0 Å². The molecule has 3 rings (SSSR count). The second-order valence-electron chi connectivity index (χ2n) is 7.29. The Kier molecular flexibility index (Phi) is 6.54. The van der Waals surface area contributed by atoms with Crippen LogP contribution in [-0.4, -0.2) is 27.5 Å². The van der Waals surface area contributed by atoms with Gasteiger partial charge in [-0.2, -0.15) is 0 Å². The Morgan fingerprint density at radius 3 is 2.55 bits per heavy atom. The molecule has 1 fully saturated rings. The van der Waals surface area contributed by atoms with E-state index >= 15 is 0 Å². The van der Waals surface area contributed by atoms with Gasteiger partial charge in [0.2, 0.25) is 10.0 Å². The molecular formula is C21H25FN2O4S. The number of hydrogen-bond donors (Lipinski definition) is 2. The van der Waals surface area contributed by atoms with Crippen molar-refractivity contribution in [3.63, 3.8) is 0 Å². The van der Waals surface area contributed by atoms with Gasteiger partial charge in [-0.25, -0.2) is 17.5 Å². The lowest BCUT2D eigenvalue weighted by atomic mass is 9.87. The number of benzene rings is 2. The quantitative estimate of drug-likeness (QED) is 0.741. The van der Waals surface area contributed by atoms with Crippen molar-refractivity contribution in [2.24, 2.45) is 5.92 Å². The molecule has 0 bridgehead atoms. The third kappa shape index (κ3) is 4.94. The molecule has 1 amide bonds. The number of sulfonamides is 1. The third-order valence-corrected chi connectivity index (χ3v) is 6.77. The van der Waals surface area contributed by atoms with Crippen molar-refractivity contribution >= 4 is 21.6 Å². The molecule has 0 spiro atoms. The zero-order valence-electron chi connectivity index (χ0n) is 16.4. The molecule has 0 saturated heterocycles. The van der Waals surface area contributed by atoms with Crippen molar-refractivity contribution in [3.05, 3.63) is 53.8 Å². The van der Waals surface area contributed by atoms with E-state index in [1.807, 2.05) is 6.92 Å². The van der Waals surface area contributed by atoms with Gasteiger partial charge in [-0.05, 0) is 49.1 Å². The number of anilines is 1. The number of nitrogens with one attached hydrogen (secondary N) is 2. The van der Waals surface area contributed by atoms with Crippen molar-refractivity contribution in [2.45, 2.75) is 43.5 Å². The van der Waals surface area contributed by atoms with E-state index in [1.54, 1.807) is 6.07 Å². The highest BCUT2D eigenvalue weighted by molar-refractivity contribution is 7.89. The number of carbonyl (C=O) groups excluding carboxylic acids is 1. The maximum atomic E-state index is 13.8. The van der Waals surface area contributed by atoms with Gasteiger partial charge in [0, 0.05) is 11.6 Å². The normalized spacial score (nSPS) is 19.6. The van der Waals surface area contributed by atoms with E-state index in [0.29, 0.717) is 0 Å². The fraction of sp³-hybridized carbons (Fsp3) is 0.381. The van der Waals surface area contributed by atoms with Gasteiger partial charge in [-0.3, -0.25) is 4.79 Å². The Morgan fingerprint density at radius 1 is 1.14 bits per heavy atom. The van der Waals surface area contributed by atoms with Gasteiger partial charge < -0.3 is 10.1 Å². The predicted molar refractivity (Wildman–Crippen MR) is 109 cm³/mol. The minimum Gasteiger partial charge on any atom is -0.495 e. The van der Waals surface area contributed by atoms with Crippen molar-refractivity contribution in [1.29, 1.82) is 0 Å². The molecule has 2 aromatic carbocycles. The lowest BCUT2D eigenvalue weighted by molar-refractivity contribution is 0.102. The summed E-state index contributed by atoms with van der Waals surface area (Å²) in [6.45, 7) is 2.03. The predicted octanol–water partition coefficient (Wildman–Crippen LogP) is 3.94. The summed E-state index contributed by atoms with van der Waals surface area (Å²) >= 11 is 0. The van der Waals surface area contributed by atoms with Crippen LogP contribution in [0.4, 0.5) is 10.1 Å². The first-order chi connectivity index (χ1) is 13.8. The molecule has 1 aliphatic carbocycles. The number of rotatable bonds is 6. The van der Waals surface area contributed by atoms with Gasteiger partial charge in [0.25, 0.3) is 5.91 Å². The number of halogens is 1. The molecule has 2 unspecified atom stereocenters. The monoisotopic (exact) mass is 420 g/mol. The third-order valence-electron chi connectivity index (χ3n) is 5.26. The second-order valence-corrected chi connectivity index (χ2v) is 8.97. The SMILES string of the molecule is COc1ccc(C(=O)Nc2ccccc2F)cc1S(=O)(=O)NC1CCCCC1C. The van der Waals surface area contributed by atoms with Gasteiger partial charge in [-0.15, -0.1) is 0 Å². The summed E-state index contributed by atoms with van der Waals surface area (Å²) in [5.74, 6) is -0.809. The van der Waals surface area contributed by atoms with Crippen LogP contribution in [-0.2, 0) is 10.0 Å². The minimum absolute atomic E-state index is 0.0203. The summed E-state index contributed by atoms with van der Waals surface area (Å²) in [5.41, 5.74) is 0.109. The van der Waals surface area contributed by atoms with Crippen LogP contribution in [0.5, 0.6) is 5.75 Å². The molecule has 1 saturated carbocycles. The molecule has 0 aromatic heterocycles. The average Bonchev–Trinajstić information content (AvgIpc) is 2.70. The molecule has 0 radical (unpaired) electrons. The van der Waals surface area contributed by atoms with Crippen molar-refractivity contribution in [2.75, 3.05) is 12.4 Å². The summed E-state index contributed by atoms with van der Waals surface area (Å²) in [7, 11) is -2.53. The van der Waals surface area contributed by atoms with Gasteiger partial charge >= 0.3 is 0 Å². The maximum absolute atomic E-state index is 13.8. The van der Waals surface area contributed by atoms with E-state index in [-0.39, 0.29) is 33.9 Å². The molecule has 2 aromatic rings. The largest absolute Gasteiger partial charge is 0.495 e. The lowest BCUT2D eigenvalue weighted by Crippen LogP contribution is -2.41. The highest BCUT2D eigenvalue weighted by Gasteiger charge is 2.29.